The topological polar surface area (TPSA) is 52.6 Å². The summed E-state index contributed by atoms with van der Waals surface area (Å²) in [6.45, 7) is 6.58. The Kier molecular flexibility index (Phi) is 7.51. The summed E-state index contributed by atoms with van der Waals surface area (Å²) in [5, 5.41) is 0. The Balaban J connectivity index is 2.86. The summed E-state index contributed by atoms with van der Waals surface area (Å²) in [5.41, 5.74) is 1.32. The molecule has 21 heavy (non-hydrogen) atoms. The summed E-state index contributed by atoms with van der Waals surface area (Å²) in [6, 6.07) is 5.14. The maximum absolute atomic E-state index is 12.2. The number of unbranched alkanes of at least 4 members (excludes halogenated alkanes) is 2. The van der Waals surface area contributed by atoms with Crippen LogP contribution in [0.3, 0.4) is 0 Å². The molecular weight excluding hydrogens is 268 g/mol. The summed E-state index contributed by atoms with van der Waals surface area (Å²) in [6.07, 6.45) is 3.53. The molecule has 116 valence electrons. The lowest BCUT2D eigenvalue weighted by atomic mass is 10.0. The van der Waals surface area contributed by atoms with Gasteiger partial charge in [-0.15, -0.1) is 0 Å². The van der Waals surface area contributed by atoms with Crippen LogP contribution in [0.5, 0.6) is 0 Å². The van der Waals surface area contributed by atoms with E-state index in [2.05, 4.69) is 0 Å². The SMILES string of the molecule is CCCCOC(=O)c1cccc(C)c1C(=O)OCCCC. The zero-order chi connectivity index (χ0) is 15.7. The molecule has 0 spiro atoms. The maximum atomic E-state index is 12.2. The maximum Gasteiger partial charge on any atom is 0.339 e. The van der Waals surface area contributed by atoms with E-state index >= 15 is 0 Å². The molecule has 0 bridgehead atoms. The van der Waals surface area contributed by atoms with Crippen molar-refractivity contribution in [1.29, 1.82) is 0 Å². The first-order chi connectivity index (χ1) is 10.1. The predicted molar refractivity (Wildman–Crippen MR) is 81.6 cm³/mol. The molecule has 1 rings (SSSR count). The summed E-state index contributed by atoms with van der Waals surface area (Å²) in [5.74, 6) is -0.918. The molecule has 0 unspecified atom stereocenters. The van der Waals surface area contributed by atoms with Gasteiger partial charge in [-0.2, -0.15) is 0 Å². The van der Waals surface area contributed by atoms with Crippen LogP contribution in [0.2, 0.25) is 0 Å². The molecule has 4 nitrogen and oxygen atoms in total. The largest absolute Gasteiger partial charge is 0.462 e. The molecule has 0 fully saturated rings. The van der Waals surface area contributed by atoms with Gasteiger partial charge in [0.15, 0.2) is 0 Å². The van der Waals surface area contributed by atoms with Crippen LogP contribution < -0.4 is 0 Å². The highest BCUT2D eigenvalue weighted by Gasteiger charge is 2.21. The molecule has 0 radical (unpaired) electrons. The van der Waals surface area contributed by atoms with Crippen LogP contribution in [0.4, 0.5) is 0 Å². The van der Waals surface area contributed by atoms with E-state index in [0.717, 1.165) is 31.2 Å². The number of esters is 2. The number of carbonyl (C=O) groups is 2. The van der Waals surface area contributed by atoms with Gasteiger partial charge in [0.05, 0.1) is 24.3 Å². The molecule has 0 amide bonds. The molecule has 1 aromatic carbocycles. The third kappa shape index (κ3) is 5.21. The van der Waals surface area contributed by atoms with E-state index in [1.807, 2.05) is 13.8 Å². The third-order valence-electron chi connectivity index (χ3n) is 3.16. The van der Waals surface area contributed by atoms with Gasteiger partial charge in [-0.3, -0.25) is 0 Å². The number of benzene rings is 1. The molecule has 0 N–H and O–H groups in total. The molecule has 0 aliphatic heterocycles. The zero-order valence-corrected chi connectivity index (χ0v) is 13.1. The van der Waals surface area contributed by atoms with Gasteiger partial charge in [0.2, 0.25) is 0 Å². The van der Waals surface area contributed by atoms with E-state index < -0.39 is 11.9 Å². The second-order valence-electron chi connectivity index (χ2n) is 4.98. The Morgan fingerprint density at radius 3 is 2.10 bits per heavy atom. The third-order valence-corrected chi connectivity index (χ3v) is 3.16. The number of hydrogen-bond acceptors (Lipinski definition) is 4. The second-order valence-corrected chi connectivity index (χ2v) is 4.98. The van der Waals surface area contributed by atoms with Crippen LogP contribution in [0.25, 0.3) is 0 Å². The molecular formula is C17H24O4. The zero-order valence-electron chi connectivity index (χ0n) is 13.1. The number of ether oxygens (including phenoxy) is 2. The van der Waals surface area contributed by atoms with Gasteiger partial charge in [-0.1, -0.05) is 38.8 Å². The minimum atomic E-state index is -0.463. The number of rotatable bonds is 8. The van der Waals surface area contributed by atoms with E-state index in [9.17, 15) is 9.59 Å². The van der Waals surface area contributed by atoms with Crippen molar-refractivity contribution >= 4 is 11.9 Å². The molecule has 0 atom stereocenters. The van der Waals surface area contributed by atoms with Crippen LogP contribution in [-0.2, 0) is 9.47 Å². The van der Waals surface area contributed by atoms with E-state index in [1.54, 1.807) is 25.1 Å². The fourth-order valence-corrected chi connectivity index (χ4v) is 1.88. The Morgan fingerprint density at radius 2 is 1.52 bits per heavy atom. The van der Waals surface area contributed by atoms with Gasteiger partial charge in [0.25, 0.3) is 0 Å². The van der Waals surface area contributed by atoms with Gasteiger partial charge < -0.3 is 9.47 Å². The average molecular weight is 292 g/mol. The van der Waals surface area contributed by atoms with Crippen molar-refractivity contribution in [2.24, 2.45) is 0 Å². The van der Waals surface area contributed by atoms with Gasteiger partial charge >= 0.3 is 11.9 Å². The van der Waals surface area contributed by atoms with E-state index in [1.165, 1.54) is 0 Å². The van der Waals surface area contributed by atoms with Crippen molar-refractivity contribution in [3.8, 4) is 0 Å². The first-order valence-electron chi connectivity index (χ1n) is 7.55. The first kappa shape index (κ1) is 17.2. The van der Waals surface area contributed by atoms with Crippen molar-refractivity contribution in [1.82, 2.24) is 0 Å². The van der Waals surface area contributed by atoms with Gasteiger partial charge in [0, 0.05) is 0 Å². The highest BCUT2D eigenvalue weighted by atomic mass is 16.5. The van der Waals surface area contributed by atoms with Gasteiger partial charge in [0.1, 0.15) is 0 Å². The average Bonchev–Trinajstić information content (AvgIpc) is 2.47. The summed E-state index contributed by atoms with van der Waals surface area (Å²) < 4.78 is 10.4. The Labute approximate surface area is 126 Å². The molecule has 0 heterocycles. The first-order valence-corrected chi connectivity index (χ1v) is 7.55. The van der Waals surface area contributed by atoms with Crippen LogP contribution in [0, 0.1) is 6.92 Å². The van der Waals surface area contributed by atoms with Crippen molar-refractivity contribution < 1.29 is 19.1 Å². The minimum absolute atomic E-state index is 0.285. The normalized spacial score (nSPS) is 10.2. The summed E-state index contributed by atoms with van der Waals surface area (Å²) in [7, 11) is 0. The fourth-order valence-electron chi connectivity index (χ4n) is 1.88. The molecule has 0 saturated heterocycles. The molecule has 0 aromatic heterocycles. The number of aryl methyl sites for hydroxylation is 1. The number of carbonyl (C=O) groups excluding carboxylic acids is 2. The van der Waals surface area contributed by atoms with E-state index in [0.29, 0.717) is 18.8 Å². The van der Waals surface area contributed by atoms with Crippen LogP contribution >= 0.6 is 0 Å². The van der Waals surface area contributed by atoms with Crippen LogP contribution in [0.15, 0.2) is 18.2 Å². The van der Waals surface area contributed by atoms with Crippen molar-refractivity contribution in [3.63, 3.8) is 0 Å². The Hall–Kier alpha value is -1.84. The minimum Gasteiger partial charge on any atom is -0.462 e. The monoisotopic (exact) mass is 292 g/mol. The highest BCUT2D eigenvalue weighted by molar-refractivity contribution is 6.04. The quantitative estimate of drug-likeness (QED) is 0.538. The molecule has 0 aliphatic rings. The molecule has 0 saturated carbocycles. The highest BCUT2D eigenvalue weighted by Crippen LogP contribution is 2.17. The van der Waals surface area contributed by atoms with Gasteiger partial charge in [-0.05, 0) is 31.4 Å². The summed E-state index contributed by atoms with van der Waals surface area (Å²) >= 11 is 0. The lowest BCUT2D eigenvalue weighted by molar-refractivity contribution is 0.0451. The lowest BCUT2D eigenvalue weighted by Gasteiger charge is -2.11. The Morgan fingerprint density at radius 1 is 0.952 bits per heavy atom. The van der Waals surface area contributed by atoms with Crippen molar-refractivity contribution in [2.75, 3.05) is 13.2 Å². The van der Waals surface area contributed by atoms with E-state index in [4.69, 9.17) is 9.47 Å². The molecule has 1 aromatic rings. The smallest absolute Gasteiger partial charge is 0.339 e. The van der Waals surface area contributed by atoms with Crippen LogP contribution in [-0.4, -0.2) is 25.2 Å². The van der Waals surface area contributed by atoms with E-state index in [-0.39, 0.29) is 5.56 Å². The molecule has 4 heteroatoms. The summed E-state index contributed by atoms with van der Waals surface area (Å²) in [4.78, 5) is 24.3. The standard InChI is InChI=1S/C17H24O4/c1-4-6-11-20-16(18)14-10-8-9-13(3)15(14)17(19)21-12-7-5-2/h8-10H,4-7,11-12H2,1-3H3. The lowest BCUT2D eigenvalue weighted by Crippen LogP contribution is -2.16. The van der Waals surface area contributed by atoms with Gasteiger partial charge in [-0.25, -0.2) is 9.59 Å². The fraction of sp³-hybridized carbons (Fsp3) is 0.529. The van der Waals surface area contributed by atoms with Crippen LogP contribution in [0.1, 0.15) is 65.8 Å². The van der Waals surface area contributed by atoms with Crippen molar-refractivity contribution in [2.45, 2.75) is 46.5 Å². The molecule has 0 aliphatic carbocycles. The number of hydrogen-bond donors (Lipinski definition) is 0. The predicted octanol–water partition coefficient (Wildman–Crippen LogP) is 3.91. The Bertz CT molecular complexity index is 480. The van der Waals surface area contributed by atoms with Crippen molar-refractivity contribution in [3.05, 3.63) is 34.9 Å². The second kappa shape index (κ2) is 9.16.